The molecule has 0 saturated heterocycles. The first-order valence-electron chi connectivity index (χ1n) is 9.26. The van der Waals surface area contributed by atoms with Crippen molar-refractivity contribution in [2.75, 3.05) is 7.05 Å². The van der Waals surface area contributed by atoms with Gasteiger partial charge in [-0.05, 0) is 24.5 Å². The van der Waals surface area contributed by atoms with E-state index in [1.54, 1.807) is 4.90 Å². The fourth-order valence-corrected chi connectivity index (χ4v) is 2.82. The number of aromatic nitrogens is 2. The smallest absolute Gasteiger partial charge is 0.227 e. The van der Waals surface area contributed by atoms with Crippen molar-refractivity contribution in [3.05, 3.63) is 71.1 Å². The third-order valence-corrected chi connectivity index (χ3v) is 4.61. The van der Waals surface area contributed by atoms with Crippen LogP contribution in [-0.2, 0) is 24.2 Å². The lowest BCUT2D eigenvalue weighted by molar-refractivity contribution is -0.130. The van der Waals surface area contributed by atoms with E-state index in [1.165, 1.54) is 11.1 Å². The zero-order chi connectivity index (χ0) is 19.2. The Kier molecular flexibility index (Phi) is 6.01. The highest BCUT2D eigenvalue weighted by molar-refractivity contribution is 5.76. The number of aryl methyl sites for hydroxylation is 3. The van der Waals surface area contributed by atoms with E-state index in [2.05, 4.69) is 41.3 Å². The maximum absolute atomic E-state index is 12.4. The minimum absolute atomic E-state index is 0.0599. The van der Waals surface area contributed by atoms with Gasteiger partial charge in [0, 0.05) is 32.0 Å². The number of hydrogen-bond donors (Lipinski definition) is 0. The summed E-state index contributed by atoms with van der Waals surface area (Å²) in [6.45, 7) is 4.76. The number of rotatable bonds is 7. The molecule has 0 aliphatic carbocycles. The van der Waals surface area contributed by atoms with Crippen LogP contribution in [0.4, 0.5) is 0 Å². The molecule has 1 aromatic heterocycles. The van der Waals surface area contributed by atoms with Crippen molar-refractivity contribution in [3.63, 3.8) is 0 Å². The van der Waals surface area contributed by atoms with Crippen LogP contribution in [0.5, 0.6) is 0 Å². The number of carbonyl (C=O) groups is 1. The van der Waals surface area contributed by atoms with E-state index in [4.69, 9.17) is 4.52 Å². The molecule has 5 heteroatoms. The van der Waals surface area contributed by atoms with Crippen molar-refractivity contribution >= 4 is 5.91 Å². The Morgan fingerprint density at radius 3 is 2.37 bits per heavy atom. The van der Waals surface area contributed by atoms with Crippen molar-refractivity contribution in [2.24, 2.45) is 0 Å². The summed E-state index contributed by atoms with van der Waals surface area (Å²) in [6, 6.07) is 16.3. The maximum atomic E-state index is 12.4. The second-order valence-electron chi connectivity index (χ2n) is 6.80. The van der Waals surface area contributed by atoms with Crippen LogP contribution >= 0.6 is 0 Å². The molecular weight excluding hydrogens is 338 g/mol. The van der Waals surface area contributed by atoms with Gasteiger partial charge in [-0.15, -0.1) is 0 Å². The summed E-state index contributed by atoms with van der Waals surface area (Å²) in [6.07, 6.45) is 1.81. The lowest BCUT2D eigenvalue weighted by Crippen LogP contribution is -2.26. The maximum Gasteiger partial charge on any atom is 0.227 e. The Hall–Kier alpha value is -2.95. The van der Waals surface area contributed by atoms with Crippen molar-refractivity contribution in [2.45, 2.75) is 39.7 Å². The molecule has 0 spiro atoms. The highest BCUT2D eigenvalue weighted by Crippen LogP contribution is 2.17. The van der Waals surface area contributed by atoms with Crippen molar-refractivity contribution in [3.8, 4) is 11.4 Å². The predicted molar refractivity (Wildman–Crippen MR) is 105 cm³/mol. The molecule has 5 nitrogen and oxygen atoms in total. The number of benzene rings is 2. The van der Waals surface area contributed by atoms with Gasteiger partial charge in [0.15, 0.2) is 0 Å². The highest BCUT2D eigenvalue weighted by Gasteiger charge is 2.13. The van der Waals surface area contributed by atoms with E-state index in [0.29, 0.717) is 31.1 Å². The minimum Gasteiger partial charge on any atom is -0.341 e. The molecule has 3 rings (SSSR count). The van der Waals surface area contributed by atoms with Gasteiger partial charge >= 0.3 is 0 Å². The molecule has 1 heterocycles. The van der Waals surface area contributed by atoms with Gasteiger partial charge in [0.1, 0.15) is 0 Å². The molecule has 0 fully saturated rings. The number of carbonyl (C=O) groups excluding carboxylic acids is 1. The Balaban J connectivity index is 1.53. The summed E-state index contributed by atoms with van der Waals surface area (Å²) in [4.78, 5) is 18.5. The Morgan fingerprint density at radius 1 is 1.04 bits per heavy atom. The van der Waals surface area contributed by atoms with Crippen LogP contribution in [-0.4, -0.2) is 28.0 Å². The van der Waals surface area contributed by atoms with Crippen LogP contribution in [0, 0.1) is 6.92 Å². The average molecular weight is 363 g/mol. The van der Waals surface area contributed by atoms with Gasteiger partial charge in [0.2, 0.25) is 17.6 Å². The van der Waals surface area contributed by atoms with Crippen LogP contribution in [0.15, 0.2) is 53.1 Å². The summed E-state index contributed by atoms with van der Waals surface area (Å²) >= 11 is 0. The Labute approximate surface area is 160 Å². The number of hydrogen-bond acceptors (Lipinski definition) is 4. The molecule has 0 N–H and O–H groups in total. The van der Waals surface area contributed by atoms with Crippen molar-refractivity contribution in [1.29, 1.82) is 0 Å². The third kappa shape index (κ3) is 5.03. The van der Waals surface area contributed by atoms with Gasteiger partial charge < -0.3 is 9.42 Å². The Bertz CT molecular complexity index is 883. The Morgan fingerprint density at radius 2 is 1.70 bits per heavy atom. The molecule has 27 heavy (non-hydrogen) atoms. The second kappa shape index (κ2) is 8.62. The van der Waals surface area contributed by atoms with Gasteiger partial charge in [-0.2, -0.15) is 4.98 Å². The predicted octanol–water partition coefficient (Wildman–Crippen LogP) is 4.20. The van der Waals surface area contributed by atoms with Crippen molar-refractivity contribution < 1.29 is 9.32 Å². The quantitative estimate of drug-likeness (QED) is 0.631. The normalized spacial score (nSPS) is 10.8. The molecule has 0 bridgehead atoms. The van der Waals surface area contributed by atoms with Crippen LogP contribution in [0.3, 0.4) is 0 Å². The first-order chi connectivity index (χ1) is 13.0. The van der Waals surface area contributed by atoms with Crippen LogP contribution in [0.1, 0.15) is 35.9 Å². The first kappa shape index (κ1) is 18.8. The molecule has 2 aromatic carbocycles. The van der Waals surface area contributed by atoms with Gasteiger partial charge in [-0.25, -0.2) is 0 Å². The molecule has 0 aliphatic heterocycles. The SMILES string of the molecule is CCc1ccc(CN(C)C(=O)CCc2nc(-c3ccc(C)cc3)no2)cc1. The molecule has 140 valence electrons. The van der Waals surface area contributed by atoms with Gasteiger partial charge in [0.05, 0.1) is 0 Å². The first-order valence-corrected chi connectivity index (χ1v) is 9.26. The fraction of sp³-hybridized carbons (Fsp3) is 0.318. The molecule has 0 atom stereocenters. The molecule has 0 unspecified atom stereocenters. The van der Waals surface area contributed by atoms with Crippen LogP contribution < -0.4 is 0 Å². The summed E-state index contributed by atoms with van der Waals surface area (Å²) < 4.78 is 5.29. The van der Waals surface area contributed by atoms with Gasteiger partial charge in [-0.1, -0.05) is 66.2 Å². The minimum atomic E-state index is 0.0599. The second-order valence-corrected chi connectivity index (χ2v) is 6.80. The standard InChI is InChI=1S/C22H25N3O2/c1-4-17-7-9-18(10-8-17)15-25(3)21(26)14-13-20-23-22(24-27-20)19-11-5-16(2)6-12-19/h5-12H,4,13-15H2,1-3H3. The fourth-order valence-electron chi connectivity index (χ4n) is 2.82. The third-order valence-electron chi connectivity index (χ3n) is 4.61. The van der Waals surface area contributed by atoms with Crippen LogP contribution in [0.25, 0.3) is 11.4 Å². The van der Waals surface area contributed by atoms with E-state index >= 15 is 0 Å². The molecular formula is C22H25N3O2. The summed E-state index contributed by atoms with van der Waals surface area (Å²) in [5.74, 6) is 1.10. The van der Waals surface area contributed by atoms with E-state index in [9.17, 15) is 4.79 Å². The van der Waals surface area contributed by atoms with Gasteiger partial charge in [0.25, 0.3) is 0 Å². The lowest BCUT2D eigenvalue weighted by atomic mass is 10.1. The van der Waals surface area contributed by atoms with E-state index in [-0.39, 0.29) is 5.91 Å². The number of nitrogens with zero attached hydrogens (tertiary/aromatic N) is 3. The average Bonchev–Trinajstić information content (AvgIpc) is 3.16. The topological polar surface area (TPSA) is 59.2 Å². The lowest BCUT2D eigenvalue weighted by Gasteiger charge is -2.17. The zero-order valence-electron chi connectivity index (χ0n) is 16.1. The van der Waals surface area contributed by atoms with Crippen molar-refractivity contribution in [1.82, 2.24) is 15.0 Å². The summed E-state index contributed by atoms with van der Waals surface area (Å²) in [5.41, 5.74) is 4.52. The molecule has 3 aromatic rings. The monoisotopic (exact) mass is 363 g/mol. The highest BCUT2D eigenvalue weighted by atomic mass is 16.5. The summed E-state index contributed by atoms with van der Waals surface area (Å²) in [5, 5.41) is 4.01. The van der Waals surface area contributed by atoms with E-state index in [0.717, 1.165) is 17.5 Å². The molecule has 0 radical (unpaired) electrons. The van der Waals surface area contributed by atoms with Crippen LogP contribution in [0.2, 0.25) is 0 Å². The van der Waals surface area contributed by atoms with E-state index < -0.39 is 0 Å². The molecule has 1 amide bonds. The number of amides is 1. The molecule has 0 saturated carbocycles. The largest absolute Gasteiger partial charge is 0.341 e. The summed E-state index contributed by atoms with van der Waals surface area (Å²) in [7, 11) is 1.82. The zero-order valence-corrected chi connectivity index (χ0v) is 16.1. The van der Waals surface area contributed by atoms with Gasteiger partial charge in [-0.3, -0.25) is 4.79 Å². The van der Waals surface area contributed by atoms with E-state index in [1.807, 2.05) is 38.2 Å². The molecule has 0 aliphatic rings.